The summed E-state index contributed by atoms with van der Waals surface area (Å²) in [6.07, 6.45) is 0. The molecule has 0 atom stereocenters. The summed E-state index contributed by atoms with van der Waals surface area (Å²) in [5.41, 5.74) is 3.74. The number of benzene rings is 2. The van der Waals surface area contributed by atoms with Crippen LogP contribution >= 0.6 is 0 Å². The Morgan fingerprint density at radius 2 is 1.83 bits per heavy atom. The smallest absolute Gasteiger partial charge is 0.266 e. The molecule has 3 N–H and O–H groups in total. The highest BCUT2D eigenvalue weighted by Crippen LogP contribution is 2.29. The third-order valence-corrected chi connectivity index (χ3v) is 5.70. The number of nitrogens with one attached hydrogen (secondary N) is 3. The molecule has 10 heteroatoms. The number of hydrazine groups is 1. The van der Waals surface area contributed by atoms with Gasteiger partial charge in [-0.1, -0.05) is 0 Å². The summed E-state index contributed by atoms with van der Waals surface area (Å²) in [4.78, 5) is 27.8. The van der Waals surface area contributed by atoms with Crippen LogP contribution in [0.3, 0.4) is 0 Å². The number of carbonyl (C=O) groups is 2. The molecule has 0 aliphatic carbocycles. The van der Waals surface area contributed by atoms with Crippen molar-refractivity contribution in [3.05, 3.63) is 48.0 Å². The van der Waals surface area contributed by atoms with Crippen molar-refractivity contribution in [3.63, 3.8) is 0 Å². The summed E-state index contributed by atoms with van der Waals surface area (Å²) in [5, 5.41) is 2.54. The number of anilines is 2. The largest absolute Gasteiger partial charge is 0.482 e. The molecule has 0 spiro atoms. The molecular weight excluding hydrogens is 396 g/mol. The normalized spacial score (nSPS) is 13.1. The van der Waals surface area contributed by atoms with E-state index in [-0.39, 0.29) is 23.1 Å². The van der Waals surface area contributed by atoms with Crippen molar-refractivity contribution in [1.29, 1.82) is 0 Å². The molecule has 0 aromatic heterocycles. The Balaban J connectivity index is 1.68. The number of carbonyl (C=O) groups excluding carboxylic acids is 2. The highest BCUT2D eigenvalue weighted by molar-refractivity contribution is 7.89. The standard InChI is InChI=1S/C19H22N4O5S/c1-3-23(4-2)14-7-5-13(6-8-14)19(25)21-22-29(26,27)15-9-10-17-16(11-15)20-18(24)12-28-17/h5-11,22H,3-4,12H2,1-2H3,(H,20,24)(H,21,25). The van der Waals surface area contributed by atoms with Crippen LogP contribution < -0.4 is 25.2 Å². The lowest BCUT2D eigenvalue weighted by Crippen LogP contribution is -2.41. The molecule has 1 aliphatic heterocycles. The van der Waals surface area contributed by atoms with Gasteiger partial charge in [-0.25, -0.2) is 8.42 Å². The minimum absolute atomic E-state index is 0.125. The topological polar surface area (TPSA) is 117 Å². The van der Waals surface area contributed by atoms with E-state index in [2.05, 4.69) is 20.5 Å². The number of ether oxygens (including phenoxy) is 1. The molecule has 154 valence electrons. The molecule has 2 aromatic carbocycles. The predicted molar refractivity (Wildman–Crippen MR) is 108 cm³/mol. The van der Waals surface area contributed by atoms with E-state index < -0.39 is 15.9 Å². The maximum atomic E-state index is 12.5. The van der Waals surface area contributed by atoms with Crippen molar-refractivity contribution in [3.8, 4) is 5.75 Å². The minimum atomic E-state index is -4.04. The lowest BCUT2D eigenvalue weighted by molar-refractivity contribution is -0.118. The number of sulfonamides is 1. The zero-order chi connectivity index (χ0) is 21.0. The second kappa shape index (κ2) is 8.50. The van der Waals surface area contributed by atoms with Crippen LogP contribution in [0.5, 0.6) is 5.75 Å². The van der Waals surface area contributed by atoms with E-state index in [1.165, 1.54) is 18.2 Å². The van der Waals surface area contributed by atoms with Gasteiger partial charge in [0, 0.05) is 24.3 Å². The molecule has 0 fully saturated rings. The maximum absolute atomic E-state index is 12.5. The van der Waals surface area contributed by atoms with Crippen LogP contribution in [0.4, 0.5) is 11.4 Å². The lowest BCUT2D eigenvalue weighted by Gasteiger charge is -2.21. The summed E-state index contributed by atoms with van der Waals surface area (Å²) in [6, 6.07) is 10.9. The monoisotopic (exact) mass is 418 g/mol. The summed E-state index contributed by atoms with van der Waals surface area (Å²) in [5.74, 6) is -0.586. The van der Waals surface area contributed by atoms with E-state index >= 15 is 0 Å². The first-order chi connectivity index (χ1) is 13.8. The van der Waals surface area contributed by atoms with Gasteiger partial charge in [0.15, 0.2) is 6.61 Å². The van der Waals surface area contributed by atoms with Crippen LogP contribution in [0, 0.1) is 0 Å². The van der Waals surface area contributed by atoms with Gasteiger partial charge in [0.1, 0.15) is 5.75 Å². The average Bonchev–Trinajstić information content (AvgIpc) is 2.73. The van der Waals surface area contributed by atoms with Gasteiger partial charge in [0.05, 0.1) is 10.6 Å². The fraction of sp³-hybridized carbons (Fsp3) is 0.263. The lowest BCUT2D eigenvalue weighted by atomic mass is 10.2. The second-order valence-corrected chi connectivity index (χ2v) is 7.96. The van der Waals surface area contributed by atoms with Crippen molar-refractivity contribution < 1.29 is 22.7 Å². The quantitative estimate of drug-likeness (QED) is 0.587. The van der Waals surface area contributed by atoms with Gasteiger partial charge in [0.25, 0.3) is 21.8 Å². The van der Waals surface area contributed by atoms with Crippen molar-refractivity contribution >= 4 is 33.2 Å². The van der Waals surface area contributed by atoms with E-state index in [4.69, 9.17) is 4.74 Å². The molecule has 2 amide bonds. The summed E-state index contributed by atoms with van der Waals surface area (Å²) >= 11 is 0. The number of fused-ring (bicyclic) bond motifs is 1. The predicted octanol–water partition coefficient (Wildman–Crippen LogP) is 1.49. The number of rotatable bonds is 7. The van der Waals surface area contributed by atoms with E-state index in [0.717, 1.165) is 18.8 Å². The number of nitrogens with zero attached hydrogens (tertiary/aromatic N) is 1. The van der Waals surface area contributed by atoms with Crippen LogP contribution in [0.1, 0.15) is 24.2 Å². The molecule has 0 radical (unpaired) electrons. The Morgan fingerprint density at radius 3 is 2.48 bits per heavy atom. The third kappa shape index (κ3) is 4.66. The van der Waals surface area contributed by atoms with Crippen molar-refractivity contribution in [2.75, 3.05) is 29.9 Å². The molecule has 0 unspecified atom stereocenters. The van der Waals surface area contributed by atoms with Crippen molar-refractivity contribution in [2.45, 2.75) is 18.7 Å². The average molecular weight is 418 g/mol. The Hall–Kier alpha value is -3.11. The zero-order valence-corrected chi connectivity index (χ0v) is 16.9. The van der Waals surface area contributed by atoms with Crippen LogP contribution in [0.25, 0.3) is 0 Å². The van der Waals surface area contributed by atoms with Gasteiger partial charge in [-0.3, -0.25) is 15.0 Å². The fourth-order valence-electron chi connectivity index (χ4n) is 2.89. The molecule has 29 heavy (non-hydrogen) atoms. The first-order valence-corrected chi connectivity index (χ1v) is 10.6. The van der Waals surface area contributed by atoms with Gasteiger partial charge in [-0.15, -0.1) is 4.83 Å². The Kier molecular flexibility index (Phi) is 6.04. The van der Waals surface area contributed by atoms with E-state index in [9.17, 15) is 18.0 Å². The zero-order valence-electron chi connectivity index (χ0n) is 16.1. The van der Waals surface area contributed by atoms with Crippen LogP contribution in [-0.4, -0.2) is 39.9 Å². The molecule has 1 aliphatic rings. The molecule has 3 rings (SSSR count). The van der Waals surface area contributed by atoms with Gasteiger partial charge >= 0.3 is 0 Å². The van der Waals surface area contributed by atoms with Crippen LogP contribution in [0.15, 0.2) is 47.4 Å². The molecule has 0 saturated carbocycles. The van der Waals surface area contributed by atoms with E-state index in [1.807, 2.05) is 26.0 Å². The summed E-state index contributed by atoms with van der Waals surface area (Å²) < 4.78 is 30.1. The highest BCUT2D eigenvalue weighted by atomic mass is 32.2. The van der Waals surface area contributed by atoms with Gasteiger partial charge < -0.3 is 15.0 Å². The SMILES string of the molecule is CCN(CC)c1ccc(C(=O)NNS(=O)(=O)c2ccc3c(c2)NC(=O)CO3)cc1. The van der Waals surface area contributed by atoms with E-state index in [1.54, 1.807) is 12.1 Å². The Labute approximate surface area is 169 Å². The molecule has 1 heterocycles. The highest BCUT2D eigenvalue weighted by Gasteiger charge is 2.21. The van der Waals surface area contributed by atoms with Crippen LogP contribution in [-0.2, 0) is 14.8 Å². The molecule has 2 aromatic rings. The number of hydrogen-bond acceptors (Lipinski definition) is 6. The molecule has 0 saturated heterocycles. The molecule has 9 nitrogen and oxygen atoms in total. The van der Waals surface area contributed by atoms with E-state index in [0.29, 0.717) is 11.3 Å². The molecule has 0 bridgehead atoms. The van der Waals surface area contributed by atoms with Gasteiger partial charge in [-0.05, 0) is 56.3 Å². The fourth-order valence-corrected chi connectivity index (χ4v) is 3.75. The molecular formula is C19H22N4O5S. The third-order valence-electron chi connectivity index (χ3n) is 4.45. The Bertz CT molecular complexity index is 1020. The van der Waals surface area contributed by atoms with Gasteiger partial charge in [-0.2, -0.15) is 0 Å². The first-order valence-electron chi connectivity index (χ1n) is 9.08. The number of amides is 2. The maximum Gasteiger partial charge on any atom is 0.266 e. The first kappa shape index (κ1) is 20.6. The van der Waals surface area contributed by atoms with Crippen molar-refractivity contribution in [1.82, 2.24) is 10.3 Å². The second-order valence-electron chi connectivity index (χ2n) is 6.27. The van der Waals surface area contributed by atoms with Crippen LogP contribution in [0.2, 0.25) is 0 Å². The summed E-state index contributed by atoms with van der Waals surface area (Å²) in [7, 11) is -4.04. The van der Waals surface area contributed by atoms with Crippen molar-refractivity contribution in [2.24, 2.45) is 0 Å². The van der Waals surface area contributed by atoms with Gasteiger partial charge in [0.2, 0.25) is 0 Å². The summed E-state index contributed by atoms with van der Waals surface area (Å²) in [6.45, 7) is 5.64. The number of hydrogen-bond donors (Lipinski definition) is 3. The Morgan fingerprint density at radius 1 is 1.14 bits per heavy atom. The minimum Gasteiger partial charge on any atom is -0.482 e.